The van der Waals surface area contributed by atoms with E-state index in [1.807, 2.05) is 37.4 Å². The summed E-state index contributed by atoms with van der Waals surface area (Å²) in [7, 11) is 1.96. The van der Waals surface area contributed by atoms with Crippen molar-refractivity contribution < 1.29 is 5.21 Å². The molecule has 17 heavy (non-hydrogen) atoms. The fourth-order valence-corrected chi connectivity index (χ4v) is 2.79. The van der Waals surface area contributed by atoms with Crippen molar-refractivity contribution >= 4 is 5.71 Å². The van der Waals surface area contributed by atoms with Gasteiger partial charge in [0.15, 0.2) is 0 Å². The molecule has 0 bridgehead atoms. The van der Waals surface area contributed by atoms with Gasteiger partial charge >= 0.3 is 0 Å². The SMILES string of the molecule is CNC1(C(=NO)c2ccccc2)CCCCC1. The summed E-state index contributed by atoms with van der Waals surface area (Å²) in [6.45, 7) is 0. The molecule has 92 valence electrons. The zero-order valence-corrected chi connectivity index (χ0v) is 10.3. The quantitative estimate of drug-likeness (QED) is 0.478. The van der Waals surface area contributed by atoms with E-state index in [1.54, 1.807) is 0 Å². The molecule has 0 saturated heterocycles. The predicted octanol–water partition coefficient (Wildman–Crippen LogP) is 2.79. The molecule has 0 aromatic heterocycles. The molecule has 2 rings (SSSR count). The summed E-state index contributed by atoms with van der Waals surface area (Å²) in [5, 5.41) is 16.3. The second-order valence-corrected chi connectivity index (χ2v) is 4.71. The predicted molar refractivity (Wildman–Crippen MR) is 69.6 cm³/mol. The van der Waals surface area contributed by atoms with Crippen LogP contribution in [0.3, 0.4) is 0 Å². The van der Waals surface area contributed by atoms with Gasteiger partial charge in [0.1, 0.15) is 5.71 Å². The summed E-state index contributed by atoms with van der Waals surface area (Å²) >= 11 is 0. The molecular weight excluding hydrogens is 212 g/mol. The normalized spacial score (nSPS) is 20.2. The van der Waals surface area contributed by atoms with Crippen LogP contribution in [0, 0.1) is 0 Å². The van der Waals surface area contributed by atoms with Crippen molar-refractivity contribution in [3.05, 3.63) is 35.9 Å². The molecular formula is C14H20N2O. The lowest BCUT2D eigenvalue weighted by Crippen LogP contribution is -2.52. The number of benzene rings is 1. The first kappa shape index (κ1) is 12.1. The second kappa shape index (κ2) is 5.32. The van der Waals surface area contributed by atoms with E-state index in [-0.39, 0.29) is 5.54 Å². The maximum atomic E-state index is 9.38. The van der Waals surface area contributed by atoms with Crippen molar-refractivity contribution in [3.63, 3.8) is 0 Å². The molecule has 1 fully saturated rings. The van der Waals surface area contributed by atoms with Gasteiger partial charge in [0.2, 0.25) is 0 Å². The topological polar surface area (TPSA) is 44.6 Å². The van der Waals surface area contributed by atoms with Gasteiger partial charge in [-0.25, -0.2) is 0 Å². The maximum absolute atomic E-state index is 9.38. The molecule has 0 radical (unpaired) electrons. The fourth-order valence-electron chi connectivity index (χ4n) is 2.79. The highest BCUT2D eigenvalue weighted by Gasteiger charge is 2.36. The van der Waals surface area contributed by atoms with Crippen LogP contribution >= 0.6 is 0 Å². The molecule has 0 aliphatic heterocycles. The second-order valence-electron chi connectivity index (χ2n) is 4.71. The van der Waals surface area contributed by atoms with Gasteiger partial charge in [-0.1, -0.05) is 54.8 Å². The van der Waals surface area contributed by atoms with Crippen LogP contribution < -0.4 is 5.32 Å². The first-order valence-corrected chi connectivity index (χ1v) is 6.29. The molecule has 1 aromatic rings. The van der Waals surface area contributed by atoms with Crippen molar-refractivity contribution in [2.24, 2.45) is 5.16 Å². The van der Waals surface area contributed by atoms with Gasteiger partial charge in [0.05, 0.1) is 5.54 Å². The van der Waals surface area contributed by atoms with Gasteiger partial charge in [-0.15, -0.1) is 0 Å². The largest absolute Gasteiger partial charge is 0.411 e. The summed E-state index contributed by atoms with van der Waals surface area (Å²) in [4.78, 5) is 0. The molecule has 0 unspecified atom stereocenters. The van der Waals surface area contributed by atoms with Crippen molar-refractivity contribution in [2.75, 3.05) is 7.05 Å². The molecule has 1 saturated carbocycles. The molecule has 1 aromatic carbocycles. The summed E-state index contributed by atoms with van der Waals surface area (Å²) in [6, 6.07) is 9.94. The Bertz CT molecular complexity index is 380. The number of nitrogens with one attached hydrogen (secondary N) is 1. The van der Waals surface area contributed by atoms with Crippen molar-refractivity contribution in [1.82, 2.24) is 5.32 Å². The van der Waals surface area contributed by atoms with Crippen LogP contribution in [0.25, 0.3) is 0 Å². The highest BCUT2D eigenvalue weighted by Crippen LogP contribution is 2.31. The Labute approximate surface area is 103 Å². The number of hydrogen-bond acceptors (Lipinski definition) is 3. The summed E-state index contributed by atoms with van der Waals surface area (Å²) in [6.07, 6.45) is 5.73. The Hall–Kier alpha value is -1.35. The van der Waals surface area contributed by atoms with Crippen LogP contribution in [0.15, 0.2) is 35.5 Å². The Morgan fingerprint density at radius 3 is 2.35 bits per heavy atom. The molecule has 0 amide bonds. The third-order valence-corrected chi connectivity index (χ3v) is 3.79. The average Bonchev–Trinajstić information content (AvgIpc) is 2.42. The number of likely N-dealkylation sites (N-methyl/N-ethyl adjacent to an activating group) is 1. The van der Waals surface area contributed by atoms with E-state index in [4.69, 9.17) is 0 Å². The number of hydrogen-bond donors (Lipinski definition) is 2. The smallest absolute Gasteiger partial charge is 0.107 e. The Morgan fingerprint density at radius 1 is 1.18 bits per heavy atom. The lowest BCUT2D eigenvalue weighted by atomic mass is 9.76. The minimum Gasteiger partial charge on any atom is -0.411 e. The van der Waals surface area contributed by atoms with Crippen molar-refractivity contribution in [3.8, 4) is 0 Å². The van der Waals surface area contributed by atoms with Crippen molar-refractivity contribution in [2.45, 2.75) is 37.6 Å². The summed E-state index contributed by atoms with van der Waals surface area (Å²) in [5.74, 6) is 0. The van der Waals surface area contributed by atoms with Crippen LogP contribution in [0.1, 0.15) is 37.7 Å². The van der Waals surface area contributed by atoms with Crippen LogP contribution in [0.2, 0.25) is 0 Å². The average molecular weight is 232 g/mol. The van der Waals surface area contributed by atoms with Crippen LogP contribution in [-0.4, -0.2) is 23.5 Å². The van der Waals surface area contributed by atoms with Crippen LogP contribution in [-0.2, 0) is 0 Å². The fraction of sp³-hybridized carbons (Fsp3) is 0.500. The monoisotopic (exact) mass is 232 g/mol. The van der Waals surface area contributed by atoms with Gasteiger partial charge in [-0.3, -0.25) is 0 Å². The molecule has 0 atom stereocenters. The third-order valence-electron chi connectivity index (χ3n) is 3.79. The molecule has 1 aliphatic rings. The Kier molecular flexibility index (Phi) is 3.79. The molecule has 3 heteroatoms. The first-order chi connectivity index (χ1) is 8.32. The number of rotatable bonds is 3. The van der Waals surface area contributed by atoms with Gasteiger partial charge in [-0.05, 0) is 19.9 Å². The van der Waals surface area contributed by atoms with Crippen LogP contribution in [0.4, 0.5) is 0 Å². The van der Waals surface area contributed by atoms with E-state index in [0.717, 1.165) is 24.1 Å². The summed E-state index contributed by atoms with van der Waals surface area (Å²) in [5.41, 5.74) is 1.63. The molecule has 1 aliphatic carbocycles. The minimum atomic E-state index is -0.158. The maximum Gasteiger partial charge on any atom is 0.107 e. The Morgan fingerprint density at radius 2 is 1.82 bits per heavy atom. The lowest BCUT2D eigenvalue weighted by Gasteiger charge is -2.37. The molecule has 3 nitrogen and oxygen atoms in total. The highest BCUT2D eigenvalue weighted by atomic mass is 16.4. The van der Waals surface area contributed by atoms with Gasteiger partial charge in [-0.2, -0.15) is 0 Å². The van der Waals surface area contributed by atoms with E-state index in [0.29, 0.717) is 0 Å². The number of oxime groups is 1. The van der Waals surface area contributed by atoms with Crippen molar-refractivity contribution in [1.29, 1.82) is 0 Å². The van der Waals surface area contributed by atoms with E-state index in [2.05, 4.69) is 10.5 Å². The van der Waals surface area contributed by atoms with E-state index in [9.17, 15) is 5.21 Å². The molecule has 0 heterocycles. The zero-order chi connectivity index (χ0) is 12.1. The molecule has 0 spiro atoms. The van der Waals surface area contributed by atoms with E-state index < -0.39 is 0 Å². The van der Waals surface area contributed by atoms with E-state index >= 15 is 0 Å². The lowest BCUT2D eigenvalue weighted by molar-refractivity contribution is 0.288. The first-order valence-electron chi connectivity index (χ1n) is 6.29. The van der Waals surface area contributed by atoms with E-state index in [1.165, 1.54) is 19.3 Å². The van der Waals surface area contributed by atoms with Crippen LogP contribution in [0.5, 0.6) is 0 Å². The number of nitrogens with zero attached hydrogens (tertiary/aromatic N) is 1. The third kappa shape index (κ3) is 2.34. The van der Waals surface area contributed by atoms with Gasteiger partial charge in [0.25, 0.3) is 0 Å². The Balaban J connectivity index is 2.34. The van der Waals surface area contributed by atoms with Gasteiger partial charge in [0, 0.05) is 5.56 Å². The van der Waals surface area contributed by atoms with Gasteiger partial charge < -0.3 is 10.5 Å². The minimum absolute atomic E-state index is 0.158. The zero-order valence-electron chi connectivity index (χ0n) is 10.3. The highest BCUT2D eigenvalue weighted by molar-refractivity contribution is 6.07. The summed E-state index contributed by atoms with van der Waals surface area (Å²) < 4.78 is 0. The standard InChI is InChI=1S/C14H20N2O/c1-15-14(10-6-3-7-11-14)13(16-17)12-8-4-2-5-9-12/h2,4-5,8-9,15,17H,3,6-7,10-11H2,1H3. The molecule has 2 N–H and O–H groups in total.